The highest BCUT2D eigenvalue weighted by atomic mass is 35.5. The average Bonchev–Trinajstić information content (AvgIpc) is 3.64. The Morgan fingerprint density at radius 3 is 1.38 bits per heavy atom. The quantitative estimate of drug-likeness (QED) is 0.233. The molecule has 0 aromatic heterocycles. The molecule has 0 bridgehead atoms. The van der Waals surface area contributed by atoms with E-state index in [4.69, 9.17) is 32.7 Å². The fourth-order valence-corrected chi connectivity index (χ4v) is 8.07. The number of halogens is 2. The van der Waals surface area contributed by atoms with Crippen molar-refractivity contribution in [3.8, 4) is 11.5 Å². The molecule has 226 valence electrons. The van der Waals surface area contributed by atoms with Gasteiger partial charge in [0.05, 0.1) is 14.2 Å². The Morgan fingerprint density at radius 1 is 0.644 bits per heavy atom. The topological polar surface area (TPSA) is 111 Å². The van der Waals surface area contributed by atoms with Crippen LogP contribution < -0.4 is 20.1 Å². The number of methoxy groups -OCH3 is 2. The van der Waals surface area contributed by atoms with Gasteiger partial charge in [0.15, 0.2) is 11.6 Å². The summed E-state index contributed by atoms with van der Waals surface area (Å²) in [7, 11) is 3.04. The number of hydrogen-bond donors (Lipinski definition) is 2. The van der Waals surface area contributed by atoms with E-state index < -0.39 is 46.0 Å². The highest BCUT2D eigenvalue weighted by Gasteiger charge is 2.79. The van der Waals surface area contributed by atoms with Crippen molar-refractivity contribution in [1.29, 1.82) is 0 Å². The van der Waals surface area contributed by atoms with Crippen molar-refractivity contribution in [2.45, 2.75) is 17.3 Å². The molecule has 1 aliphatic carbocycles. The van der Waals surface area contributed by atoms with Crippen LogP contribution in [0.5, 0.6) is 11.5 Å². The summed E-state index contributed by atoms with van der Waals surface area (Å²) in [5.74, 6) is -3.12. The van der Waals surface area contributed by atoms with E-state index >= 15 is 0 Å². The Balaban J connectivity index is 1.55. The van der Waals surface area contributed by atoms with Crippen LogP contribution in [-0.2, 0) is 20.4 Å². The number of Topliss-reactive ketones (excluding diaryl/α,β-unsaturated/α-hetero) is 2. The van der Waals surface area contributed by atoms with Crippen LogP contribution in [0.15, 0.2) is 84.9 Å². The number of anilines is 2. The van der Waals surface area contributed by atoms with Gasteiger partial charge in [0, 0.05) is 44.4 Å². The van der Waals surface area contributed by atoms with Crippen LogP contribution in [0.2, 0.25) is 10.0 Å². The molecule has 2 N–H and O–H groups in total. The lowest BCUT2D eigenvalue weighted by molar-refractivity contribution is -0.132. The third-order valence-corrected chi connectivity index (χ3v) is 10.0. The summed E-state index contributed by atoms with van der Waals surface area (Å²) in [4.78, 5) is 58.9. The Bertz CT molecular complexity index is 1790. The molecule has 10 heteroatoms. The predicted octanol–water partition coefficient (Wildman–Crippen LogP) is 6.49. The van der Waals surface area contributed by atoms with Crippen molar-refractivity contribution in [3.05, 3.63) is 117 Å². The van der Waals surface area contributed by atoms with Gasteiger partial charge >= 0.3 is 0 Å². The third-order valence-electron chi connectivity index (χ3n) is 9.55. The number of carbonyl (C=O) groups excluding carboxylic acids is 4. The SMILES string of the molecule is COc1ccc(C(=O)[C@H]2C[C@H](C(=O)c3ccc(OC)cc3)[C@]3(C(=O)Nc4ccc(Cl)cc43)[C@]23C(=O)Nc2ccc(Cl)cc23)cc1. The van der Waals surface area contributed by atoms with E-state index in [0.29, 0.717) is 55.2 Å². The van der Waals surface area contributed by atoms with E-state index in [2.05, 4.69) is 10.6 Å². The van der Waals surface area contributed by atoms with Crippen molar-refractivity contribution in [2.75, 3.05) is 24.9 Å². The molecule has 0 radical (unpaired) electrons. The molecule has 7 rings (SSSR count). The van der Waals surface area contributed by atoms with Gasteiger partial charge in [0.1, 0.15) is 22.3 Å². The second-order valence-electron chi connectivity index (χ2n) is 11.4. The molecule has 2 heterocycles. The minimum absolute atomic E-state index is 0.103. The largest absolute Gasteiger partial charge is 0.497 e. The van der Waals surface area contributed by atoms with Gasteiger partial charge in [-0.15, -0.1) is 0 Å². The fourth-order valence-electron chi connectivity index (χ4n) is 7.72. The summed E-state index contributed by atoms with van der Waals surface area (Å²) >= 11 is 13.1. The zero-order valence-corrected chi connectivity index (χ0v) is 25.7. The molecule has 4 aromatic carbocycles. The lowest BCUT2D eigenvalue weighted by Gasteiger charge is -2.43. The molecule has 2 amide bonds. The smallest absolute Gasteiger partial charge is 0.237 e. The predicted molar refractivity (Wildman–Crippen MR) is 170 cm³/mol. The van der Waals surface area contributed by atoms with Gasteiger partial charge in [-0.25, -0.2) is 0 Å². The normalized spacial score (nSPS) is 24.3. The monoisotopic (exact) mass is 640 g/mol. The average molecular weight is 642 g/mol. The van der Waals surface area contributed by atoms with Gasteiger partial charge in [-0.2, -0.15) is 0 Å². The highest BCUT2D eigenvalue weighted by Crippen LogP contribution is 2.69. The van der Waals surface area contributed by atoms with E-state index in [-0.39, 0.29) is 6.42 Å². The molecule has 0 unspecified atom stereocenters. The number of hydrogen-bond acceptors (Lipinski definition) is 6. The molecule has 2 aliphatic heterocycles. The molecule has 3 aliphatic rings. The Morgan fingerprint density at radius 2 is 1.02 bits per heavy atom. The number of amides is 2. The summed E-state index contributed by atoms with van der Waals surface area (Å²) in [5, 5.41) is 6.49. The first-order valence-electron chi connectivity index (χ1n) is 14.3. The van der Waals surface area contributed by atoms with Gasteiger partial charge < -0.3 is 20.1 Å². The van der Waals surface area contributed by atoms with Crippen LogP contribution in [0.4, 0.5) is 11.4 Å². The number of nitrogens with one attached hydrogen (secondary N) is 2. The number of carbonyl (C=O) groups is 4. The van der Waals surface area contributed by atoms with Crippen LogP contribution in [0.3, 0.4) is 0 Å². The molecule has 8 nitrogen and oxygen atoms in total. The summed E-state index contributed by atoms with van der Waals surface area (Å²) in [6.07, 6.45) is -0.103. The molecule has 1 saturated carbocycles. The van der Waals surface area contributed by atoms with Crippen LogP contribution in [0.25, 0.3) is 0 Å². The number of fused-ring (bicyclic) bond motifs is 5. The molecule has 0 saturated heterocycles. The molecular formula is C35H26Cl2N2O6. The van der Waals surface area contributed by atoms with Gasteiger partial charge in [0.2, 0.25) is 11.8 Å². The molecular weight excluding hydrogens is 615 g/mol. The van der Waals surface area contributed by atoms with Crippen LogP contribution in [-0.4, -0.2) is 37.6 Å². The standard InChI is InChI=1S/C35H26Cl2N2O6/c1-44-22-9-3-18(4-10-22)30(40)26-17-27(31(41)19-5-11-23(45-2)12-6-19)35(25-16-21(37)8-14-29(25)39-33(35)43)34(26)24-15-20(36)7-13-28(24)38-32(34)42/h3-16,26-27H,17H2,1-2H3,(H,38,42)(H,39,43)/t26-,27-,34-,35+/m1/s1. The first-order valence-corrected chi connectivity index (χ1v) is 15.0. The lowest BCUT2D eigenvalue weighted by atomic mass is 9.53. The molecule has 1 fully saturated rings. The van der Waals surface area contributed by atoms with Crippen molar-refractivity contribution in [1.82, 2.24) is 0 Å². The maximum absolute atomic E-state index is 14.7. The van der Waals surface area contributed by atoms with Crippen LogP contribution in [0, 0.1) is 11.8 Å². The van der Waals surface area contributed by atoms with Crippen molar-refractivity contribution in [3.63, 3.8) is 0 Å². The summed E-state index contributed by atoms with van der Waals surface area (Å²) in [6, 6.07) is 22.9. The molecule has 4 atom stereocenters. The van der Waals surface area contributed by atoms with Gasteiger partial charge in [-0.3, -0.25) is 19.2 Å². The van der Waals surface area contributed by atoms with Crippen LogP contribution in [0.1, 0.15) is 38.3 Å². The first-order chi connectivity index (χ1) is 21.7. The first kappa shape index (κ1) is 29.1. The molecule has 4 aromatic rings. The highest BCUT2D eigenvalue weighted by molar-refractivity contribution is 6.32. The number of ether oxygens (including phenoxy) is 2. The van der Waals surface area contributed by atoms with E-state index in [1.54, 1.807) is 84.9 Å². The number of ketones is 2. The zero-order valence-electron chi connectivity index (χ0n) is 24.2. The molecule has 2 spiro atoms. The lowest BCUT2D eigenvalue weighted by Crippen LogP contribution is -2.60. The van der Waals surface area contributed by atoms with Gasteiger partial charge in [-0.05, 0) is 102 Å². The van der Waals surface area contributed by atoms with E-state index in [0.717, 1.165) is 0 Å². The van der Waals surface area contributed by atoms with Crippen molar-refractivity contribution in [2.24, 2.45) is 11.8 Å². The van der Waals surface area contributed by atoms with Gasteiger partial charge in [-0.1, -0.05) is 23.2 Å². The maximum atomic E-state index is 14.7. The zero-order chi connectivity index (χ0) is 31.7. The second-order valence-corrected chi connectivity index (χ2v) is 12.3. The van der Waals surface area contributed by atoms with Crippen molar-refractivity contribution >= 4 is 58.0 Å². The van der Waals surface area contributed by atoms with E-state index in [1.807, 2.05) is 0 Å². The summed E-state index contributed by atoms with van der Waals surface area (Å²) in [6.45, 7) is 0. The minimum atomic E-state index is -1.86. The Labute approximate surface area is 268 Å². The molecule has 45 heavy (non-hydrogen) atoms. The summed E-state index contributed by atoms with van der Waals surface area (Å²) in [5.41, 5.74) is -1.54. The van der Waals surface area contributed by atoms with Gasteiger partial charge in [0.25, 0.3) is 0 Å². The maximum Gasteiger partial charge on any atom is 0.237 e. The van der Waals surface area contributed by atoms with E-state index in [9.17, 15) is 19.2 Å². The fraction of sp³-hybridized carbons (Fsp3) is 0.200. The number of benzene rings is 4. The summed E-state index contributed by atoms with van der Waals surface area (Å²) < 4.78 is 10.6. The van der Waals surface area contributed by atoms with Crippen molar-refractivity contribution < 1.29 is 28.7 Å². The Kier molecular flexibility index (Phi) is 6.76. The minimum Gasteiger partial charge on any atom is -0.497 e. The third kappa shape index (κ3) is 3.92. The number of rotatable bonds is 6. The Hall–Kier alpha value is -4.66. The second kappa shape index (κ2) is 10.5. The van der Waals surface area contributed by atoms with E-state index in [1.165, 1.54) is 14.2 Å². The van der Waals surface area contributed by atoms with Crippen LogP contribution >= 0.6 is 23.2 Å².